The number of carbonyl (C=O) groups is 1. The molecule has 1 aromatic carbocycles. The van der Waals surface area contributed by atoms with Gasteiger partial charge in [0.05, 0.1) is 0 Å². The minimum Gasteiger partial charge on any atom is -0.318 e. The van der Waals surface area contributed by atoms with Crippen molar-refractivity contribution in [3.8, 4) is 0 Å². The molecule has 0 saturated heterocycles. The Morgan fingerprint density at radius 3 is 2.67 bits per heavy atom. The van der Waals surface area contributed by atoms with Crippen molar-refractivity contribution in [2.45, 2.75) is 6.92 Å². The lowest BCUT2D eigenvalue weighted by Crippen LogP contribution is -2.14. The van der Waals surface area contributed by atoms with E-state index >= 15 is 0 Å². The van der Waals surface area contributed by atoms with Crippen LogP contribution in [0.25, 0.3) is 0 Å². The summed E-state index contributed by atoms with van der Waals surface area (Å²) in [6.07, 6.45) is 0.774. The van der Waals surface area contributed by atoms with Gasteiger partial charge in [-0.3, -0.25) is 4.79 Å². The van der Waals surface area contributed by atoms with E-state index in [1.54, 1.807) is 13.1 Å². The van der Waals surface area contributed by atoms with E-state index in [-0.39, 0.29) is 0 Å². The first kappa shape index (κ1) is 9.07. The third-order valence-electron chi connectivity index (χ3n) is 1.70. The monoisotopic (exact) mass is 183 g/mol. The third kappa shape index (κ3) is 1.77. The number of amides is 1. The van der Waals surface area contributed by atoms with Crippen LogP contribution in [-0.4, -0.2) is 13.5 Å². The number of nitrogens with zero attached hydrogens (tertiary/aromatic N) is 1. The molecule has 3 heteroatoms. The second-order valence-corrected chi connectivity index (χ2v) is 3.08. The van der Waals surface area contributed by atoms with Gasteiger partial charge in [0.25, 0.3) is 0 Å². The molecule has 0 spiro atoms. The zero-order valence-electron chi connectivity index (χ0n) is 7.04. The molecular formula is C9H10ClNO. The van der Waals surface area contributed by atoms with Gasteiger partial charge in [0.2, 0.25) is 6.41 Å². The molecular weight excluding hydrogens is 174 g/mol. The fourth-order valence-electron chi connectivity index (χ4n) is 1.07. The summed E-state index contributed by atoms with van der Waals surface area (Å²) in [5, 5.41) is 0.690. The van der Waals surface area contributed by atoms with Gasteiger partial charge in [-0.15, -0.1) is 0 Å². The molecule has 12 heavy (non-hydrogen) atoms. The topological polar surface area (TPSA) is 20.3 Å². The number of rotatable bonds is 2. The van der Waals surface area contributed by atoms with Crippen LogP contribution < -0.4 is 4.90 Å². The predicted octanol–water partition coefficient (Wildman–Crippen LogP) is 2.24. The Morgan fingerprint density at radius 1 is 1.50 bits per heavy atom. The molecule has 0 bridgehead atoms. The molecule has 0 aliphatic carbocycles. The number of aryl methyl sites for hydroxylation is 1. The van der Waals surface area contributed by atoms with Crippen LogP contribution in [0.4, 0.5) is 5.69 Å². The molecule has 2 nitrogen and oxygen atoms in total. The maximum absolute atomic E-state index is 10.4. The van der Waals surface area contributed by atoms with Gasteiger partial charge >= 0.3 is 0 Å². The number of halogens is 1. The van der Waals surface area contributed by atoms with Crippen molar-refractivity contribution >= 4 is 23.7 Å². The van der Waals surface area contributed by atoms with Gasteiger partial charge in [-0.2, -0.15) is 0 Å². The Bertz CT molecular complexity index is 299. The van der Waals surface area contributed by atoms with E-state index in [1.807, 2.05) is 19.1 Å². The average molecular weight is 184 g/mol. The van der Waals surface area contributed by atoms with Crippen molar-refractivity contribution in [2.24, 2.45) is 0 Å². The van der Waals surface area contributed by atoms with Gasteiger partial charge in [0, 0.05) is 17.8 Å². The van der Waals surface area contributed by atoms with E-state index in [0.717, 1.165) is 17.7 Å². The summed E-state index contributed by atoms with van der Waals surface area (Å²) in [5.74, 6) is 0. The van der Waals surface area contributed by atoms with Crippen LogP contribution in [0.1, 0.15) is 5.56 Å². The van der Waals surface area contributed by atoms with Crippen LogP contribution in [0.15, 0.2) is 18.2 Å². The minimum absolute atomic E-state index is 0.690. The number of hydrogen-bond acceptors (Lipinski definition) is 1. The van der Waals surface area contributed by atoms with Gasteiger partial charge < -0.3 is 4.90 Å². The van der Waals surface area contributed by atoms with Gasteiger partial charge in [-0.25, -0.2) is 0 Å². The molecule has 0 saturated carbocycles. The molecule has 0 radical (unpaired) electrons. The Labute approximate surface area is 76.8 Å². The summed E-state index contributed by atoms with van der Waals surface area (Å²) in [6.45, 7) is 1.92. The number of anilines is 1. The Balaban J connectivity index is 3.09. The van der Waals surface area contributed by atoms with E-state index in [9.17, 15) is 4.79 Å². The molecule has 0 atom stereocenters. The van der Waals surface area contributed by atoms with Crippen LogP contribution in [0.2, 0.25) is 5.02 Å². The van der Waals surface area contributed by atoms with Gasteiger partial charge in [0.15, 0.2) is 0 Å². The van der Waals surface area contributed by atoms with Crippen molar-refractivity contribution in [3.05, 3.63) is 28.8 Å². The minimum atomic E-state index is 0.690. The van der Waals surface area contributed by atoms with Crippen LogP contribution in [-0.2, 0) is 4.79 Å². The maximum Gasteiger partial charge on any atom is 0.213 e. The molecule has 1 rings (SSSR count). The summed E-state index contributed by atoms with van der Waals surface area (Å²) in [7, 11) is 1.71. The lowest BCUT2D eigenvalue weighted by Gasteiger charge is -2.13. The quantitative estimate of drug-likeness (QED) is 0.644. The second-order valence-electron chi connectivity index (χ2n) is 2.65. The number of benzene rings is 1. The molecule has 0 fully saturated rings. The van der Waals surface area contributed by atoms with Gasteiger partial charge in [-0.1, -0.05) is 11.6 Å². The molecule has 1 aromatic rings. The average Bonchev–Trinajstić information content (AvgIpc) is 2.03. The van der Waals surface area contributed by atoms with Gasteiger partial charge in [-0.05, 0) is 30.7 Å². The van der Waals surface area contributed by atoms with Gasteiger partial charge in [0.1, 0.15) is 0 Å². The summed E-state index contributed by atoms with van der Waals surface area (Å²) in [5.41, 5.74) is 1.88. The highest BCUT2D eigenvalue weighted by molar-refractivity contribution is 6.30. The van der Waals surface area contributed by atoms with Crippen molar-refractivity contribution in [2.75, 3.05) is 11.9 Å². The Kier molecular flexibility index (Phi) is 2.71. The zero-order valence-corrected chi connectivity index (χ0v) is 7.80. The molecule has 0 aliphatic heterocycles. The van der Waals surface area contributed by atoms with E-state index in [1.165, 1.54) is 4.90 Å². The molecule has 64 valence electrons. The smallest absolute Gasteiger partial charge is 0.213 e. The lowest BCUT2D eigenvalue weighted by atomic mass is 10.2. The fourth-order valence-corrected chi connectivity index (χ4v) is 1.30. The van der Waals surface area contributed by atoms with Crippen molar-refractivity contribution in [1.29, 1.82) is 0 Å². The highest BCUT2D eigenvalue weighted by atomic mass is 35.5. The first-order chi connectivity index (χ1) is 5.65. The molecule has 1 amide bonds. The van der Waals surface area contributed by atoms with E-state index in [2.05, 4.69) is 0 Å². The summed E-state index contributed by atoms with van der Waals surface area (Å²) in [6, 6.07) is 5.42. The van der Waals surface area contributed by atoms with E-state index in [4.69, 9.17) is 11.6 Å². The highest BCUT2D eigenvalue weighted by Crippen LogP contribution is 2.21. The van der Waals surface area contributed by atoms with Crippen LogP contribution in [0.5, 0.6) is 0 Å². The summed E-state index contributed by atoms with van der Waals surface area (Å²) in [4.78, 5) is 12.0. The molecule has 0 aromatic heterocycles. The third-order valence-corrected chi connectivity index (χ3v) is 1.93. The van der Waals surface area contributed by atoms with E-state index in [0.29, 0.717) is 5.02 Å². The molecule has 0 N–H and O–H groups in total. The first-order valence-corrected chi connectivity index (χ1v) is 3.97. The fraction of sp³-hybridized carbons (Fsp3) is 0.222. The highest BCUT2D eigenvalue weighted by Gasteiger charge is 2.02. The number of carbonyl (C=O) groups excluding carboxylic acids is 1. The molecule has 0 aliphatic rings. The van der Waals surface area contributed by atoms with Crippen LogP contribution in [0.3, 0.4) is 0 Å². The maximum atomic E-state index is 10.4. The lowest BCUT2D eigenvalue weighted by molar-refractivity contribution is -0.107. The Hall–Kier alpha value is -1.02. The van der Waals surface area contributed by atoms with E-state index < -0.39 is 0 Å². The SMILES string of the molecule is Cc1cc(Cl)ccc1N(C)C=O. The van der Waals surface area contributed by atoms with Crippen LogP contribution >= 0.6 is 11.6 Å². The predicted molar refractivity (Wildman–Crippen MR) is 50.7 cm³/mol. The standard InChI is InChI=1S/C9H10ClNO/c1-7-5-8(10)3-4-9(7)11(2)6-12/h3-6H,1-2H3. The molecule has 0 heterocycles. The largest absolute Gasteiger partial charge is 0.318 e. The van der Waals surface area contributed by atoms with Crippen molar-refractivity contribution in [3.63, 3.8) is 0 Å². The first-order valence-electron chi connectivity index (χ1n) is 3.59. The van der Waals surface area contributed by atoms with Crippen LogP contribution in [0, 0.1) is 6.92 Å². The van der Waals surface area contributed by atoms with Crippen molar-refractivity contribution < 1.29 is 4.79 Å². The summed E-state index contributed by atoms with van der Waals surface area (Å²) < 4.78 is 0. The Morgan fingerprint density at radius 2 is 2.17 bits per heavy atom. The number of hydrogen-bond donors (Lipinski definition) is 0. The summed E-state index contributed by atoms with van der Waals surface area (Å²) >= 11 is 5.76. The zero-order chi connectivity index (χ0) is 9.14. The second kappa shape index (κ2) is 3.59. The molecule has 0 unspecified atom stereocenters. The van der Waals surface area contributed by atoms with Crippen molar-refractivity contribution in [1.82, 2.24) is 0 Å². The normalized spacial score (nSPS) is 9.58.